The fourth-order valence-corrected chi connectivity index (χ4v) is 2.19. The zero-order chi connectivity index (χ0) is 17.6. The first-order valence-corrected chi connectivity index (χ1v) is 8.12. The zero-order valence-electron chi connectivity index (χ0n) is 14.8. The SMILES string of the molecule is COc1ccccc1CNC(=O)CCCc1nc(C(C)(C)C)no1. The van der Waals surface area contributed by atoms with Crippen molar-refractivity contribution in [1.29, 1.82) is 0 Å². The Bertz CT molecular complexity index is 674. The second-order valence-corrected chi connectivity index (χ2v) is 6.70. The van der Waals surface area contributed by atoms with Crippen molar-refractivity contribution in [1.82, 2.24) is 15.5 Å². The molecule has 1 heterocycles. The van der Waals surface area contributed by atoms with Gasteiger partial charge < -0.3 is 14.6 Å². The smallest absolute Gasteiger partial charge is 0.226 e. The lowest BCUT2D eigenvalue weighted by molar-refractivity contribution is -0.121. The van der Waals surface area contributed by atoms with Gasteiger partial charge in [-0.25, -0.2) is 0 Å². The Morgan fingerprint density at radius 2 is 2.04 bits per heavy atom. The summed E-state index contributed by atoms with van der Waals surface area (Å²) in [7, 11) is 1.62. The zero-order valence-corrected chi connectivity index (χ0v) is 14.8. The summed E-state index contributed by atoms with van der Waals surface area (Å²) in [5, 5.41) is 6.88. The Labute approximate surface area is 142 Å². The number of amides is 1. The van der Waals surface area contributed by atoms with Gasteiger partial charge in [0.1, 0.15) is 5.75 Å². The molecule has 0 aliphatic heterocycles. The first-order chi connectivity index (χ1) is 11.4. The summed E-state index contributed by atoms with van der Waals surface area (Å²) in [6, 6.07) is 7.64. The van der Waals surface area contributed by atoms with E-state index in [0.717, 1.165) is 11.3 Å². The maximum atomic E-state index is 12.0. The van der Waals surface area contributed by atoms with Crippen LogP contribution >= 0.6 is 0 Å². The Kier molecular flexibility index (Phi) is 5.95. The van der Waals surface area contributed by atoms with E-state index < -0.39 is 0 Å². The normalized spacial score (nSPS) is 11.3. The van der Waals surface area contributed by atoms with Gasteiger partial charge in [-0.2, -0.15) is 4.98 Å². The van der Waals surface area contributed by atoms with Crippen LogP contribution in [0.4, 0.5) is 0 Å². The van der Waals surface area contributed by atoms with Crippen LogP contribution in [0.25, 0.3) is 0 Å². The van der Waals surface area contributed by atoms with Crippen LogP contribution in [0, 0.1) is 0 Å². The molecule has 0 unspecified atom stereocenters. The number of ether oxygens (including phenoxy) is 1. The van der Waals surface area contributed by atoms with Gasteiger partial charge in [-0.05, 0) is 12.5 Å². The second-order valence-electron chi connectivity index (χ2n) is 6.70. The first kappa shape index (κ1) is 18.0. The van der Waals surface area contributed by atoms with Crippen molar-refractivity contribution in [2.24, 2.45) is 0 Å². The largest absolute Gasteiger partial charge is 0.496 e. The van der Waals surface area contributed by atoms with Crippen molar-refractivity contribution in [3.63, 3.8) is 0 Å². The van der Waals surface area contributed by atoms with Crippen molar-refractivity contribution < 1.29 is 14.1 Å². The standard InChI is InChI=1S/C18H25N3O3/c1-18(2,3)17-20-16(24-21-17)11-7-10-15(22)19-12-13-8-5-6-9-14(13)23-4/h5-6,8-9H,7,10-12H2,1-4H3,(H,19,22). The van der Waals surface area contributed by atoms with E-state index in [2.05, 4.69) is 15.5 Å². The van der Waals surface area contributed by atoms with E-state index in [-0.39, 0.29) is 11.3 Å². The fourth-order valence-electron chi connectivity index (χ4n) is 2.19. The minimum atomic E-state index is -0.131. The molecule has 0 aliphatic rings. The molecule has 2 aromatic rings. The van der Waals surface area contributed by atoms with Crippen LogP contribution in [0.5, 0.6) is 5.75 Å². The van der Waals surface area contributed by atoms with Crippen LogP contribution in [0.15, 0.2) is 28.8 Å². The first-order valence-electron chi connectivity index (χ1n) is 8.12. The molecule has 0 saturated carbocycles. The van der Waals surface area contributed by atoms with Gasteiger partial charge in [-0.15, -0.1) is 0 Å². The number of carbonyl (C=O) groups is 1. The molecule has 24 heavy (non-hydrogen) atoms. The topological polar surface area (TPSA) is 77.2 Å². The third kappa shape index (κ3) is 5.08. The molecule has 6 heteroatoms. The number of nitrogens with zero attached hydrogens (tertiary/aromatic N) is 2. The molecule has 0 atom stereocenters. The Balaban J connectivity index is 1.74. The van der Waals surface area contributed by atoms with E-state index in [0.29, 0.717) is 37.5 Å². The Morgan fingerprint density at radius 1 is 1.29 bits per heavy atom. The Morgan fingerprint density at radius 3 is 2.71 bits per heavy atom. The predicted molar refractivity (Wildman–Crippen MR) is 90.8 cm³/mol. The summed E-state index contributed by atoms with van der Waals surface area (Å²) < 4.78 is 10.5. The monoisotopic (exact) mass is 331 g/mol. The third-order valence-corrected chi connectivity index (χ3v) is 3.60. The average molecular weight is 331 g/mol. The van der Waals surface area contributed by atoms with Gasteiger partial charge in [-0.1, -0.05) is 44.1 Å². The molecule has 0 radical (unpaired) electrons. The van der Waals surface area contributed by atoms with Crippen LogP contribution < -0.4 is 10.1 Å². The molecule has 130 valence electrons. The van der Waals surface area contributed by atoms with Gasteiger partial charge in [0.05, 0.1) is 7.11 Å². The highest BCUT2D eigenvalue weighted by molar-refractivity contribution is 5.75. The molecule has 0 saturated heterocycles. The van der Waals surface area contributed by atoms with Crippen LogP contribution in [0.1, 0.15) is 50.9 Å². The van der Waals surface area contributed by atoms with E-state index in [9.17, 15) is 4.79 Å². The molecule has 0 aliphatic carbocycles. The number of aromatic nitrogens is 2. The summed E-state index contributed by atoms with van der Waals surface area (Å²) in [5.41, 5.74) is 0.827. The highest BCUT2D eigenvalue weighted by Crippen LogP contribution is 2.19. The molecular formula is C18H25N3O3. The van der Waals surface area contributed by atoms with E-state index in [1.54, 1.807) is 7.11 Å². The van der Waals surface area contributed by atoms with E-state index >= 15 is 0 Å². The van der Waals surface area contributed by atoms with Gasteiger partial charge in [0.25, 0.3) is 0 Å². The van der Waals surface area contributed by atoms with Crippen LogP contribution in [-0.2, 0) is 23.2 Å². The minimum Gasteiger partial charge on any atom is -0.496 e. The molecule has 1 aromatic heterocycles. The lowest BCUT2D eigenvalue weighted by Gasteiger charge is -2.10. The molecule has 0 fully saturated rings. The predicted octanol–water partition coefficient (Wildman–Crippen LogP) is 3.01. The van der Waals surface area contributed by atoms with E-state index in [1.165, 1.54) is 0 Å². The third-order valence-electron chi connectivity index (χ3n) is 3.60. The molecule has 6 nitrogen and oxygen atoms in total. The van der Waals surface area contributed by atoms with Gasteiger partial charge in [-0.3, -0.25) is 4.79 Å². The molecule has 0 bridgehead atoms. The number of aryl methyl sites for hydroxylation is 1. The van der Waals surface area contributed by atoms with Crippen molar-refractivity contribution in [2.45, 2.75) is 52.0 Å². The average Bonchev–Trinajstić information content (AvgIpc) is 3.02. The quantitative estimate of drug-likeness (QED) is 0.844. The van der Waals surface area contributed by atoms with Gasteiger partial charge in [0, 0.05) is 30.4 Å². The van der Waals surface area contributed by atoms with Crippen molar-refractivity contribution in [3.05, 3.63) is 41.5 Å². The summed E-state index contributed by atoms with van der Waals surface area (Å²) in [6.07, 6.45) is 1.69. The maximum absolute atomic E-state index is 12.0. The minimum absolute atomic E-state index is 0.00327. The van der Waals surface area contributed by atoms with Crippen LogP contribution in [0.3, 0.4) is 0 Å². The molecule has 1 aromatic carbocycles. The lowest BCUT2D eigenvalue weighted by atomic mass is 9.96. The summed E-state index contributed by atoms with van der Waals surface area (Å²) >= 11 is 0. The fraction of sp³-hybridized carbons (Fsp3) is 0.500. The number of hydrogen-bond acceptors (Lipinski definition) is 5. The summed E-state index contributed by atoms with van der Waals surface area (Å²) in [6.45, 7) is 6.56. The number of rotatable bonds is 7. The Hall–Kier alpha value is -2.37. The van der Waals surface area contributed by atoms with Gasteiger partial charge >= 0.3 is 0 Å². The van der Waals surface area contributed by atoms with Crippen molar-refractivity contribution in [2.75, 3.05) is 7.11 Å². The molecule has 0 spiro atoms. The molecule has 1 N–H and O–H groups in total. The highest BCUT2D eigenvalue weighted by Gasteiger charge is 2.20. The number of carbonyl (C=O) groups excluding carboxylic acids is 1. The van der Waals surface area contributed by atoms with E-state index in [4.69, 9.17) is 9.26 Å². The number of para-hydroxylation sites is 1. The van der Waals surface area contributed by atoms with Gasteiger partial charge in [0.15, 0.2) is 5.82 Å². The number of hydrogen-bond donors (Lipinski definition) is 1. The van der Waals surface area contributed by atoms with Crippen molar-refractivity contribution in [3.8, 4) is 5.75 Å². The van der Waals surface area contributed by atoms with Gasteiger partial charge in [0.2, 0.25) is 11.8 Å². The highest BCUT2D eigenvalue weighted by atomic mass is 16.5. The second kappa shape index (κ2) is 7.95. The van der Waals surface area contributed by atoms with Crippen LogP contribution in [-0.4, -0.2) is 23.2 Å². The van der Waals surface area contributed by atoms with Crippen LogP contribution in [0.2, 0.25) is 0 Å². The number of methoxy groups -OCH3 is 1. The molecule has 1 amide bonds. The van der Waals surface area contributed by atoms with E-state index in [1.807, 2.05) is 45.0 Å². The maximum Gasteiger partial charge on any atom is 0.226 e. The molecular weight excluding hydrogens is 306 g/mol. The number of benzene rings is 1. The number of nitrogens with one attached hydrogen (secondary N) is 1. The molecule has 2 rings (SSSR count). The summed E-state index contributed by atoms with van der Waals surface area (Å²) in [5.74, 6) is 2.05. The van der Waals surface area contributed by atoms with Crippen molar-refractivity contribution >= 4 is 5.91 Å². The lowest BCUT2D eigenvalue weighted by Crippen LogP contribution is -2.22. The summed E-state index contributed by atoms with van der Waals surface area (Å²) in [4.78, 5) is 16.3.